The van der Waals surface area contributed by atoms with Gasteiger partial charge in [0.2, 0.25) is 5.76 Å². The molecular formula is C13H19NO3. The summed E-state index contributed by atoms with van der Waals surface area (Å²) in [5.41, 5.74) is 0.784. The van der Waals surface area contributed by atoms with E-state index in [0.29, 0.717) is 12.6 Å². The van der Waals surface area contributed by atoms with E-state index in [-0.39, 0.29) is 5.76 Å². The highest BCUT2D eigenvalue weighted by Crippen LogP contribution is 2.21. The Morgan fingerprint density at radius 1 is 1.53 bits per heavy atom. The maximum absolute atomic E-state index is 11.0. The monoisotopic (exact) mass is 237 g/mol. The lowest BCUT2D eigenvalue weighted by molar-refractivity contribution is 0.0658. The van der Waals surface area contributed by atoms with Crippen LogP contribution in [0.3, 0.4) is 0 Å². The van der Waals surface area contributed by atoms with E-state index in [1.165, 1.54) is 31.9 Å². The predicted molar refractivity (Wildman–Crippen MR) is 64.0 cm³/mol. The third-order valence-corrected chi connectivity index (χ3v) is 3.51. The summed E-state index contributed by atoms with van der Waals surface area (Å²) >= 11 is 0. The number of carboxylic acids is 1. The van der Waals surface area contributed by atoms with Crippen LogP contribution >= 0.6 is 0 Å². The van der Waals surface area contributed by atoms with Gasteiger partial charge in [-0.15, -0.1) is 0 Å². The number of carboxylic acid groups (broad SMARTS) is 1. The third kappa shape index (κ3) is 2.88. The van der Waals surface area contributed by atoms with Gasteiger partial charge in [0, 0.05) is 18.2 Å². The molecule has 0 amide bonds. The second-order valence-electron chi connectivity index (χ2n) is 4.75. The molecule has 4 heteroatoms. The van der Waals surface area contributed by atoms with Crippen LogP contribution in [0.5, 0.6) is 0 Å². The molecule has 4 nitrogen and oxygen atoms in total. The highest BCUT2D eigenvalue weighted by Gasteiger charge is 2.21. The number of rotatable bonds is 3. The van der Waals surface area contributed by atoms with E-state index >= 15 is 0 Å². The highest BCUT2D eigenvalue weighted by atomic mass is 16.4. The van der Waals surface area contributed by atoms with Crippen molar-refractivity contribution in [3.63, 3.8) is 0 Å². The number of furan rings is 1. The normalized spacial score (nSPS) is 22.3. The second kappa shape index (κ2) is 5.36. The fourth-order valence-corrected chi connectivity index (χ4v) is 2.44. The molecule has 17 heavy (non-hydrogen) atoms. The van der Waals surface area contributed by atoms with Crippen molar-refractivity contribution in [3.8, 4) is 0 Å². The molecule has 2 rings (SSSR count). The summed E-state index contributed by atoms with van der Waals surface area (Å²) in [4.78, 5) is 13.3. The van der Waals surface area contributed by atoms with Gasteiger partial charge in [-0.1, -0.05) is 12.8 Å². The van der Waals surface area contributed by atoms with Gasteiger partial charge in [-0.3, -0.25) is 4.90 Å². The number of hydrogen-bond acceptors (Lipinski definition) is 3. The van der Waals surface area contributed by atoms with Crippen LogP contribution < -0.4 is 0 Å². The van der Waals surface area contributed by atoms with Gasteiger partial charge < -0.3 is 9.52 Å². The van der Waals surface area contributed by atoms with E-state index in [1.54, 1.807) is 6.07 Å². The van der Waals surface area contributed by atoms with Gasteiger partial charge in [-0.2, -0.15) is 0 Å². The van der Waals surface area contributed by atoms with Gasteiger partial charge >= 0.3 is 5.97 Å². The molecule has 0 aromatic carbocycles. The van der Waals surface area contributed by atoms with Gasteiger partial charge in [0.25, 0.3) is 0 Å². The quantitative estimate of drug-likeness (QED) is 0.878. The summed E-state index contributed by atoms with van der Waals surface area (Å²) in [7, 11) is 0. The molecule has 1 aliphatic heterocycles. The summed E-state index contributed by atoms with van der Waals surface area (Å²) in [6, 6.07) is 2.29. The zero-order valence-corrected chi connectivity index (χ0v) is 10.2. The summed E-state index contributed by atoms with van der Waals surface area (Å²) in [6.07, 6.45) is 6.40. The number of carbonyl (C=O) groups is 1. The number of hydrogen-bond donors (Lipinski definition) is 1. The average molecular weight is 237 g/mol. The van der Waals surface area contributed by atoms with Gasteiger partial charge in [0.05, 0.1) is 6.26 Å². The van der Waals surface area contributed by atoms with Crippen molar-refractivity contribution in [2.45, 2.75) is 45.2 Å². The van der Waals surface area contributed by atoms with Crippen LogP contribution in [-0.4, -0.2) is 28.6 Å². The molecule has 1 N–H and O–H groups in total. The Labute approximate surface area is 101 Å². The molecule has 1 aromatic heterocycles. The first-order chi connectivity index (χ1) is 8.18. The highest BCUT2D eigenvalue weighted by molar-refractivity contribution is 5.86. The summed E-state index contributed by atoms with van der Waals surface area (Å²) in [5, 5.41) is 8.99. The molecule has 94 valence electrons. The van der Waals surface area contributed by atoms with E-state index in [1.807, 2.05) is 0 Å². The van der Waals surface area contributed by atoms with Gasteiger partial charge in [-0.05, 0) is 32.4 Å². The SMILES string of the molecule is CC1CCCCCN1Cc1ccoc1C(=O)O. The van der Waals surface area contributed by atoms with Crippen LogP contribution in [0.2, 0.25) is 0 Å². The molecular weight excluding hydrogens is 218 g/mol. The van der Waals surface area contributed by atoms with Crippen molar-refractivity contribution in [2.75, 3.05) is 6.54 Å². The largest absolute Gasteiger partial charge is 0.475 e. The van der Waals surface area contributed by atoms with E-state index in [9.17, 15) is 4.79 Å². The summed E-state index contributed by atoms with van der Waals surface area (Å²) in [6.45, 7) is 3.94. The lowest BCUT2D eigenvalue weighted by Gasteiger charge is -2.26. The molecule has 1 unspecified atom stereocenters. The van der Waals surface area contributed by atoms with Crippen molar-refractivity contribution in [1.29, 1.82) is 0 Å². The van der Waals surface area contributed by atoms with Crippen LogP contribution in [0.25, 0.3) is 0 Å². The van der Waals surface area contributed by atoms with E-state index in [4.69, 9.17) is 9.52 Å². The predicted octanol–water partition coefficient (Wildman–Crippen LogP) is 2.74. The fraction of sp³-hybridized carbons (Fsp3) is 0.615. The van der Waals surface area contributed by atoms with E-state index in [2.05, 4.69) is 11.8 Å². The second-order valence-corrected chi connectivity index (χ2v) is 4.75. The molecule has 2 heterocycles. The average Bonchev–Trinajstić information content (AvgIpc) is 2.66. The number of likely N-dealkylation sites (tertiary alicyclic amines) is 1. The Morgan fingerprint density at radius 3 is 3.12 bits per heavy atom. The van der Waals surface area contributed by atoms with Crippen LogP contribution in [-0.2, 0) is 6.54 Å². The lowest BCUT2D eigenvalue weighted by atomic mass is 10.1. The smallest absolute Gasteiger partial charge is 0.372 e. The molecule has 0 saturated carbocycles. The molecule has 1 fully saturated rings. The Morgan fingerprint density at radius 2 is 2.35 bits per heavy atom. The topological polar surface area (TPSA) is 53.7 Å². The van der Waals surface area contributed by atoms with Gasteiger partial charge in [0.15, 0.2) is 0 Å². The lowest BCUT2D eigenvalue weighted by Crippen LogP contribution is -2.32. The molecule has 1 aliphatic rings. The minimum absolute atomic E-state index is 0.0847. The first-order valence-corrected chi connectivity index (χ1v) is 6.22. The minimum atomic E-state index is -0.979. The summed E-state index contributed by atoms with van der Waals surface area (Å²) in [5.74, 6) is -0.895. The molecule has 1 aromatic rings. The maximum Gasteiger partial charge on any atom is 0.372 e. The van der Waals surface area contributed by atoms with Crippen LogP contribution in [0, 0.1) is 0 Å². The van der Waals surface area contributed by atoms with Crippen molar-refractivity contribution in [2.24, 2.45) is 0 Å². The van der Waals surface area contributed by atoms with Crippen LogP contribution in [0.1, 0.15) is 48.7 Å². The Kier molecular flexibility index (Phi) is 3.84. The first-order valence-electron chi connectivity index (χ1n) is 6.22. The number of nitrogens with zero attached hydrogens (tertiary/aromatic N) is 1. The molecule has 0 aliphatic carbocycles. The zero-order valence-electron chi connectivity index (χ0n) is 10.2. The fourth-order valence-electron chi connectivity index (χ4n) is 2.44. The molecule has 0 bridgehead atoms. The Hall–Kier alpha value is -1.29. The molecule has 0 spiro atoms. The van der Waals surface area contributed by atoms with Gasteiger partial charge in [0.1, 0.15) is 0 Å². The van der Waals surface area contributed by atoms with Crippen LogP contribution in [0.4, 0.5) is 0 Å². The van der Waals surface area contributed by atoms with Crippen molar-refractivity contribution in [3.05, 3.63) is 23.7 Å². The minimum Gasteiger partial charge on any atom is -0.475 e. The first kappa shape index (κ1) is 12.2. The molecule has 1 atom stereocenters. The van der Waals surface area contributed by atoms with Crippen molar-refractivity contribution < 1.29 is 14.3 Å². The number of aromatic carboxylic acids is 1. The van der Waals surface area contributed by atoms with Crippen molar-refractivity contribution in [1.82, 2.24) is 4.90 Å². The molecule has 0 radical (unpaired) electrons. The zero-order chi connectivity index (χ0) is 12.3. The Balaban J connectivity index is 2.08. The third-order valence-electron chi connectivity index (χ3n) is 3.51. The van der Waals surface area contributed by atoms with Crippen molar-refractivity contribution >= 4 is 5.97 Å². The van der Waals surface area contributed by atoms with E-state index in [0.717, 1.165) is 12.1 Å². The van der Waals surface area contributed by atoms with E-state index < -0.39 is 5.97 Å². The molecule has 1 saturated heterocycles. The Bertz CT molecular complexity index is 386. The maximum atomic E-state index is 11.0. The van der Waals surface area contributed by atoms with Gasteiger partial charge in [-0.25, -0.2) is 4.79 Å². The summed E-state index contributed by atoms with van der Waals surface area (Å²) < 4.78 is 5.01. The standard InChI is InChI=1S/C13H19NO3/c1-10-5-3-2-4-7-14(10)9-11-6-8-17-12(11)13(15)16/h6,8,10H,2-5,7,9H2,1H3,(H,15,16). The van der Waals surface area contributed by atoms with Crippen LogP contribution in [0.15, 0.2) is 16.7 Å².